The van der Waals surface area contributed by atoms with Crippen LogP contribution < -0.4 is 4.74 Å². The molecule has 2 heterocycles. The molecule has 0 bridgehead atoms. The maximum atomic E-state index is 5.40. The van der Waals surface area contributed by atoms with Gasteiger partial charge in [0.2, 0.25) is 5.78 Å². The lowest BCUT2D eigenvalue weighted by Crippen LogP contribution is -2.04. The van der Waals surface area contributed by atoms with Crippen LogP contribution in [0.3, 0.4) is 0 Å². The molecule has 0 N–H and O–H groups in total. The number of methoxy groups -OCH3 is 1. The molecule has 0 unspecified atom stereocenters. The Bertz CT molecular complexity index is 1580. The minimum Gasteiger partial charge on any atom is -0.497 e. The van der Waals surface area contributed by atoms with Gasteiger partial charge in [-0.1, -0.05) is 91.0 Å². The molecule has 0 amide bonds. The van der Waals surface area contributed by atoms with Crippen LogP contribution in [0, 0.1) is 0 Å². The molecule has 176 valence electrons. The number of hydrogen-bond donors (Lipinski definition) is 0. The highest BCUT2D eigenvalue weighted by atomic mass is 16.5. The van der Waals surface area contributed by atoms with Gasteiger partial charge >= 0.3 is 0 Å². The summed E-state index contributed by atoms with van der Waals surface area (Å²) in [6, 6.07) is 39.9. The van der Waals surface area contributed by atoms with E-state index in [0.29, 0.717) is 0 Å². The third kappa shape index (κ3) is 4.07. The van der Waals surface area contributed by atoms with Crippen LogP contribution in [0.15, 0.2) is 121 Å². The van der Waals surface area contributed by atoms with Crippen molar-refractivity contribution in [2.75, 3.05) is 7.11 Å². The van der Waals surface area contributed by atoms with Gasteiger partial charge in [0.25, 0.3) is 0 Å². The predicted octanol–water partition coefficient (Wildman–Crippen LogP) is 7.39. The molecule has 0 atom stereocenters. The molecule has 0 aliphatic rings. The van der Waals surface area contributed by atoms with Crippen LogP contribution in [0.5, 0.6) is 5.75 Å². The summed E-state index contributed by atoms with van der Waals surface area (Å²) < 4.78 is 10.00. The molecule has 0 saturated heterocycles. The fourth-order valence-electron chi connectivity index (χ4n) is 4.80. The van der Waals surface area contributed by atoms with Crippen molar-refractivity contribution in [1.82, 2.24) is 14.0 Å². The van der Waals surface area contributed by atoms with Crippen LogP contribution in [0.25, 0.3) is 39.5 Å². The number of hydrogen-bond acceptors (Lipinski definition) is 2. The third-order valence-corrected chi connectivity index (χ3v) is 6.62. The molecule has 0 aliphatic heterocycles. The van der Waals surface area contributed by atoms with Crippen LogP contribution in [-0.4, -0.2) is 21.1 Å². The maximum Gasteiger partial charge on any atom is 0.215 e. The average molecular weight is 470 g/mol. The third-order valence-electron chi connectivity index (χ3n) is 6.62. The minimum absolute atomic E-state index is 0.821. The molecule has 0 aliphatic carbocycles. The molecule has 0 saturated carbocycles. The number of ether oxygens (including phenoxy) is 1. The molecule has 36 heavy (non-hydrogen) atoms. The SMILES string of the molecule is COc1ccc(-c2cn3c(-c4ccccc4)c(-c4ccccc4)nc3n2CCc2ccccc2)cc1. The normalized spacial score (nSPS) is 11.1. The first-order valence-corrected chi connectivity index (χ1v) is 12.2. The van der Waals surface area contributed by atoms with Gasteiger partial charge in [-0.25, -0.2) is 4.98 Å². The highest BCUT2D eigenvalue weighted by molar-refractivity contribution is 5.82. The van der Waals surface area contributed by atoms with Crippen molar-refractivity contribution in [1.29, 1.82) is 0 Å². The first-order valence-electron chi connectivity index (χ1n) is 12.2. The summed E-state index contributed by atoms with van der Waals surface area (Å²) >= 11 is 0. The Morgan fingerprint density at radius 1 is 0.667 bits per heavy atom. The molecule has 4 heteroatoms. The number of benzene rings is 4. The van der Waals surface area contributed by atoms with Gasteiger partial charge in [0, 0.05) is 29.4 Å². The molecule has 0 fully saturated rings. The maximum absolute atomic E-state index is 5.40. The Balaban J connectivity index is 1.57. The van der Waals surface area contributed by atoms with Crippen molar-refractivity contribution < 1.29 is 4.74 Å². The van der Waals surface area contributed by atoms with E-state index in [-0.39, 0.29) is 0 Å². The lowest BCUT2D eigenvalue weighted by atomic mass is 10.0. The molecular formula is C32H27N3O. The monoisotopic (exact) mass is 469 g/mol. The second kappa shape index (κ2) is 9.59. The van der Waals surface area contributed by atoms with E-state index < -0.39 is 0 Å². The highest BCUT2D eigenvalue weighted by Gasteiger charge is 2.21. The Kier molecular flexibility index (Phi) is 5.84. The fourth-order valence-corrected chi connectivity index (χ4v) is 4.80. The Hall–Kier alpha value is -4.57. The topological polar surface area (TPSA) is 31.5 Å². The average Bonchev–Trinajstić information content (AvgIpc) is 3.50. The quantitative estimate of drug-likeness (QED) is 0.244. The summed E-state index contributed by atoms with van der Waals surface area (Å²) in [5.74, 6) is 1.79. The molecule has 6 aromatic rings. The fraction of sp³-hybridized carbons (Fsp3) is 0.0938. The van der Waals surface area contributed by atoms with Crippen LogP contribution in [0.2, 0.25) is 0 Å². The summed E-state index contributed by atoms with van der Waals surface area (Å²) in [7, 11) is 1.70. The van der Waals surface area contributed by atoms with Gasteiger partial charge in [0.1, 0.15) is 5.75 Å². The van der Waals surface area contributed by atoms with E-state index >= 15 is 0 Å². The van der Waals surface area contributed by atoms with E-state index in [4.69, 9.17) is 9.72 Å². The van der Waals surface area contributed by atoms with Crippen LogP contribution >= 0.6 is 0 Å². The summed E-state index contributed by atoms with van der Waals surface area (Å²) in [6.45, 7) is 0.821. The molecular weight excluding hydrogens is 442 g/mol. The van der Waals surface area contributed by atoms with Crippen LogP contribution in [-0.2, 0) is 13.0 Å². The van der Waals surface area contributed by atoms with Crippen molar-refractivity contribution in [2.24, 2.45) is 0 Å². The molecule has 6 rings (SSSR count). The summed E-state index contributed by atoms with van der Waals surface area (Å²) in [6.07, 6.45) is 3.15. The Morgan fingerprint density at radius 3 is 1.92 bits per heavy atom. The largest absolute Gasteiger partial charge is 0.497 e. The van der Waals surface area contributed by atoms with Crippen molar-refractivity contribution in [2.45, 2.75) is 13.0 Å². The summed E-state index contributed by atoms with van der Waals surface area (Å²) in [4.78, 5) is 5.25. The van der Waals surface area contributed by atoms with Gasteiger partial charge in [-0.2, -0.15) is 0 Å². The molecule has 0 radical (unpaired) electrons. The smallest absolute Gasteiger partial charge is 0.215 e. The lowest BCUT2D eigenvalue weighted by Gasteiger charge is -2.10. The van der Waals surface area contributed by atoms with Crippen LogP contribution in [0.4, 0.5) is 0 Å². The zero-order valence-corrected chi connectivity index (χ0v) is 20.2. The van der Waals surface area contributed by atoms with Crippen molar-refractivity contribution in [3.8, 4) is 39.5 Å². The van der Waals surface area contributed by atoms with Gasteiger partial charge in [-0.3, -0.25) is 4.40 Å². The van der Waals surface area contributed by atoms with Gasteiger partial charge in [0.05, 0.1) is 24.2 Å². The van der Waals surface area contributed by atoms with Gasteiger partial charge < -0.3 is 9.30 Å². The highest BCUT2D eigenvalue weighted by Crippen LogP contribution is 2.36. The first kappa shape index (κ1) is 21.9. The van der Waals surface area contributed by atoms with Crippen molar-refractivity contribution >= 4 is 5.78 Å². The second-order valence-corrected chi connectivity index (χ2v) is 8.84. The summed E-state index contributed by atoms with van der Waals surface area (Å²) in [5, 5.41) is 0. The number of rotatable bonds is 7. The van der Waals surface area contributed by atoms with Gasteiger partial charge in [-0.15, -0.1) is 0 Å². The minimum atomic E-state index is 0.821. The van der Waals surface area contributed by atoms with E-state index in [1.165, 1.54) is 5.56 Å². The van der Waals surface area contributed by atoms with Crippen LogP contribution in [0.1, 0.15) is 5.56 Å². The number of aromatic nitrogens is 3. The first-order chi connectivity index (χ1) is 17.8. The molecule has 4 aromatic carbocycles. The standard InChI is InChI=1S/C32H27N3O/c1-36-28-19-17-25(18-20-28)29-23-35-31(27-15-9-4-10-16-27)30(26-13-7-3-8-14-26)33-32(35)34(29)22-21-24-11-5-2-6-12-24/h2-20,23H,21-22H2,1H3. The number of nitrogens with zero attached hydrogens (tertiary/aromatic N) is 3. The van der Waals surface area contributed by atoms with Crippen molar-refractivity contribution in [3.05, 3.63) is 127 Å². The van der Waals surface area contributed by atoms with E-state index in [1.807, 2.05) is 18.2 Å². The molecule has 2 aromatic heterocycles. The number of aryl methyl sites for hydroxylation is 2. The zero-order valence-electron chi connectivity index (χ0n) is 20.2. The van der Waals surface area contributed by atoms with E-state index in [0.717, 1.165) is 58.3 Å². The van der Waals surface area contributed by atoms with Crippen molar-refractivity contribution in [3.63, 3.8) is 0 Å². The van der Waals surface area contributed by atoms with Gasteiger partial charge in [-0.05, 0) is 36.2 Å². The number of fused-ring (bicyclic) bond motifs is 1. The van der Waals surface area contributed by atoms with Gasteiger partial charge in [0.15, 0.2) is 0 Å². The molecule has 4 nitrogen and oxygen atoms in total. The lowest BCUT2D eigenvalue weighted by molar-refractivity contribution is 0.415. The predicted molar refractivity (Wildman–Crippen MR) is 146 cm³/mol. The zero-order chi connectivity index (χ0) is 24.3. The van der Waals surface area contributed by atoms with E-state index in [1.54, 1.807) is 7.11 Å². The summed E-state index contributed by atoms with van der Waals surface area (Å²) in [5.41, 5.74) is 7.92. The number of imidazole rings is 2. The second-order valence-electron chi connectivity index (χ2n) is 8.84. The molecule has 0 spiro atoms. The van der Waals surface area contributed by atoms with E-state index in [9.17, 15) is 0 Å². The Labute approximate surface area is 211 Å². The van der Waals surface area contributed by atoms with E-state index in [2.05, 4.69) is 112 Å². The Morgan fingerprint density at radius 2 is 1.28 bits per heavy atom.